The zero-order valence-electron chi connectivity index (χ0n) is 11.4. The van der Waals surface area contributed by atoms with Crippen molar-refractivity contribution in [2.24, 2.45) is 0 Å². The van der Waals surface area contributed by atoms with E-state index >= 15 is 0 Å². The Morgan fingerprint density at radius 3 is 2.80 bits per heavy atom. The molecule has 0 saturated carbocycles. The summed E-state index contributed by atoms with van der Waals surface area (Å²) in [5.41, 5.74) is 5.72. The molecule has 1 aliphatic heterocycles. The van der Waals surface area contributed by atoms with Gasteiger partial charge in [-0.2, -0.15) is 0 Å². The summed E-state index contributed by atoms with van der Waals surface area (Å²) in [7, 11) is 1.55. The molecule has 1 unspecified atom stereocenters. The maximum Gasteiger partial charge on any atom is 0.254 e. The minimum absolute atomic E-state index is 0.0654. The fourth-order valence-corrected chi connectivity index (χ4v) is 2.46. The van der Waals surface area contributed by atoms with Crippen LogP contribution < -0.4 is 11.1 Å². The van der Waals surface area contributed by atoms with Gasteiger partial charge in [0.05, 0.1) is 5.69 Å². The number of anilines is 1. The predicted molar refractivity (Wildman–Crippen MR) is 73.6 cm³/mol. The molecule has 0 aliphatic carbocycles. The second-order valence-electron chi connectivity index (χ2n) is 4.86. The van der Waals surface area contributed by atoms with Gasteiger partial charge < -0.3 is 16.0 Å². The van der Waals surface area contributed by atoms with Crippen LogP contribution in [-0.2, 0) is 4.79 Å². The predicted octanol–water partition coefficient (Wildman–Crippen LogP) is 1.15. The van der Waals surface area contributed by atoms with Crippen molar-refractivity contribution < 1.29 is 14.0 Å². The van der Waals surface area contributed by atoms with Crippen LogP contribution in [0.3, 0.4) is 0 Å². The Balaban J connectivity index is 2.25. The van der Waals surface area contributed by atoms with Crippen LogP contribution in [0.5, 0.6) is 0 Å². The Bertz CT molecular complexity index is 533. The van der Waals surface area contributed by atoms with E-state index in [1.54, 1.807) is 7.05 Å². The first-order chi connectivity index (χ1) is 9.54. The number of nitrogens with zero attached hydrogens (tertiary/aromatic N) is 1. The molecule has 1 atom stereocenters. The van der Waals surface area contributed by atoms with E-state index in [2.05, 4.69) is 5.32 Å². The quantitative estimate of drug-likeness (QED) is 0.797. The van der Waals surface area contributed by atoms with E-state index in [-0.39, 0.29) is 17.5 Å². The molecule has 1 aromatic rings. The fraction of sp³-hybridized carbons (Fsp3) is 0.429. The number of likely N-dealkylation sites (tertiary alicyclic amines) is 1. The Labute approximate surface area is 116 Å². The number of amides is 2. The van der Waals surface area contributed by atoms with Gasteiger partial charge >= 0.3 is 0 Å². The number of carbonyl (C=O) groups excluding carboxylic acids is 2. The summed E-state index contributed by atoms with van der Waals surface area (Å²) in [6.07, 6.45) is 2.41. The SMILES string of the molecule is CNC(=O)C1CCCCN1C(=O)c1ccc(F)c(N)c1. The van der Waals surface area contributed by atoms with Gasteiger partial charge in [-0.3, -0.25) is 9.59 Å². The number of likely N-dealkylation sites (N-methyl/N-ethyl adjacent to an activating group) is 1. The van der Waals surface area contributed by atoms with Gasteiger partial charge in [0.1, 0.15) is 11.9 Å². The van der Waals surface area contributed by atoms with Gasteiger partial charge in [-0.15, -0.1) is 0 Å². The highest BCUT2D eigenvalue weighted by Gasteiger charge is 2.32. The Kier molecular flexibility index (Phi) is 4.22. The number of hydrogen-bond donors (Lipinski definition) is 2. The molecule has 0 spiro atoms. The number of carbonyl (C=O) groups is 2. The molecule has 1 saturated heterocycles. The maximum absolute atomic E-state index is 13.1. The number of rotatable bonds is 2. The molecule has 1 aliphatic rings. The number of nitrogen functional groups attached to an aromatic ring is 1. The van der Waals surface area contributed by atoms with E-state index in [0.717, 1.165) is 12.8 Å². The number of halogens is 1. The summed E-state index contributed by atoms with van der Waals surface area (Å²) in [5.74, 6) is -1.01. The molecular weight excluding hydrogens is 261 g/mol. The van der Waals surface area contributed by atoms with Gasteiger partial charge in [-0.05, 0) is 37.5 Å². The van der Waals surface area contributed by atoms with E-state index < -0.39 is 11.9 Å². The molecule has 6 heteroatoms. The number of hydrogen-bond acceptors (Lipinski definition) is 3. The molecule has 2 rings (SSSR count). The largest absolute Gasteiger partial charge is 0.396 e. The van der Waals surface area contributed by atoms with E-state index in [0.29, 0.717) is 18.5 Å². The zero-order chi connectivity index (χ0) is 14.7. The Hall–Kier alpha value is -2.11. The normalized spacial score (nSPS) is 18.7. The van der Waals surface area contributed by atoms with Crippen LogP contribution in [-0.4, -0.2) is 36.3 Å². The van der Waals surface area contributed by atoms with E-state index in [9.17, 15) is 14.0 Å². The molecule has 1 fully saturated rings. The number of benzene rings is 1. The van der Waals surface area contributed by atoms with Crippen molar-refractivity contribution in [3.8, 4) is 0 Å². The van der Waals surface area contributed by atoms with Crippen LogP contribution in [0.2, 0.25) is 0 Å². The second-order valence-corrected chi connectivity index (χ2v) is 4.86. The minimum Gasteiger partial charge on any atom is -0.396 e. The molecule has 1 aromatic carbocycles. The first-order valence-corrected chi connectivity index (χ1v) is 6.62. The van der Waals surface area contributed by atoms with Gasteiger partial charge in [0.15, 0.2) is 0 Å². The van der Waals surface area contributed by atoms with Crippen molar-refractivity contribution in [1.82, 2.24) is 10.2 Å². The Morgan fingerprint density at radius 1 is 1.40 bits per heavy atom. The molecular formula is C14H18FN3O2. The zero-order valence-corrected chi connectivity index (χ0v) is 11.4. The standard InChI is InChI=1S/C14H18FN3O2/c1-17-13(19)12-4-2-3-7-18(12)14(20)9-5-6-10(15)11(16)8-9/h5-6,8,12H,2-4,7,16H2,1H3,(H,17,19). The van der Waals surface area contributed by atoms with Gasteiger partial charge in [0.25, 0.3) is 5.91 Å². The second kappa shape index (κ2) is 5.90. The lowest BCUT2D eigenvalue weighted by Crippen LogP contribution is -2.51. The fourth-order valence-electron chi connectivity index (χ4n) is 2.46. The third-order valence-corrected chi connectivity index (χ3v) is 3.56. The van der Waals surface area contributed by atoms with Gasteiger partial charge in [0.2, 0.25) is 5.91 Å². The monoisotopic (exact) mass is 279 g/mol. The van der Waals surface area contributed by atoms with Gasteiger partial charge in [0, 0.05) is 19.2 Å². The number of piperidine rings is 1. The summed E-state index contributed by atoms with van der Waals surface area (Å²) in [6.45, 7) is 0.522. The minimum atomic E-state index is -0.553. The molecule has 0 bridgehead atoms. The lowest BCUT2D eigenvalue weighted by molar-refractivity contribution is -0.126. The van der Waals surface area contributed by atoms with E-state index in [1.165, 1.54) is 23.1 Å². The summed E-state index contributed by atoms with van der Waals surface area (Å²) in [6, 6.07) is 3.41. The molecule has 2 amide bonds. The molecule has 5 nitrogen and oxygen atoms in total. The summed E-state index contributed by atoms with van der Waals surface area (Å²) in [5, 5.41) is 2.57. The first kappa shape index (κ1) is 14.3. The third-order valence-electron chi connectivity index (χ3n) is 3.56. The third kappa shape index (κ3) is 2.74. The van der Waals surface area contributed by atoms with Crippen LogP contribution in [0.4, 0.5) is 10.1 Å². The van der Waals surface area contributed by atoms with Crippen molar-refractivity contribution in [1.29, 1.82) is 0 Å². The first-order valence-electron chi connectivity index (χ1n) is 6.62. The van der Waals surface area contributed by atoms with Crippen molar-refractivity contribution in [3.63, 3.8) is 0 Å². The van der Waals surface area contributed by atoms with E-state index in [4.69, 9.17) is 5.73 Å². The number of nitrogens with one attached hydrogen (secondary N) is 1. The lowest BCUT2D eigenvalue weighted by atomic mass is 10.00. The van der Waals surface area contributed by atoms with Crippen LogP contribution in [0.1, 0.15) is 29.6 Å². The highest BCUT2D eigenvalue weighted by Crippen LogP contribution is 2.21. The summed E-state index contributed by atoms with van der Waals surface area (Å²) < 4.78 is 13.1. The van der Waals surface area contributed by atoms with Crippen molar-refractivity contribution >= 4 is 17.5 Å². The van der Waals surface area contributed by atoms with E-state index in [1.807, 2.05) is 0 Å². The smallest absolute Gasteiger partial charge is 0.254 e. The maximum atomic E-state index is 13.1. The van der Waals surface area contributed by atoms with Crippen LogP contribution in [0.25, 0.3) is 0 Å². The topological polar surface area (TPSA) is 75.4 Å². The van der Waals surface area contributed by atoms with Crippen molar-refractivity contribution in [2.75, 3.05) is 19.3 Å². The number of nitrogens with two attached hydrogens (primary N) is 1. The molecule has 0 radical (unpaired) electrons. The van der Waals surface area contributed by atoms with Gasteiger partial charge in [-0.25, -0.2) is 4.39 Å². The van der Waals surface area contributed by atoms with Crippen LogP contribution in [0.15, 0.2) is 18.2 Å². The van der Waals surface area contributed by atoms with Crippen molar-refractivity contribution in [2.45, 2.75) is 25.3 Å². The molecule has 1 heterocycles. The highest BCUT2D eigenvalue weighted by atomic mass is 19.1. The lowest BCUT2D eigenvalue weighted by Gasteiger charge is -2.34. The Morgan fingerprint density at radius 2 is 2.15 bits per heavy atom. The van der Waals surface area contributed by atoms with Crippen molar-refractivity contribution in [3.05, 3.63) is 29.6 Å². The van der Waals surface area contributed by atoms with Gasteiger partial charge in [-0.1, -0.05) is 0 Å². The van der Waals surface area contributed by atoms with Crippen LogP contribution in [0, 0.1) is 5.82 Å². The van der Waals surface area contributed by atoms with Crippen LogP contribution >= 0.6 is 0 Å². The molecule has 3 N–H and O–H groups in total. The summed E-state index contributed by atoms with van der Waals surface area (Å²) in [4.78, 5) is 25.8. The summed E-state index contributed by atoms with van der Waals surface area (Å²) >= 11 is 0. The average molecular weight is 279 g/mol. The molecule has 0 aromatic heterocycles. The average Bonchev–Trinajstić information content (AvgIpc) is 2.48. The molecule has 108 valence electrons. The molecule has 20 heavy (non-hydrogen) atoms. The highest BCUT2D eigenvalue weighted by molar-refractivity contribution is 5.98.